The fourth-order valence-electron chi connectivity index (χ4n) is 5.26. The van der Waals surface area contributed by atoms with Gasteiger partial charge in [-0.25, -0.2) is 4.98 Å². The van der Waals surface area contributed by atoms with Crippen LogP contribution in [0.2, 0.25) is 5.02 Å². The molecule has 2 unspecified atom stereocenters. The Balaban J connectivity index is 1.14. The maximum atomic E-state index is 12.0. The molecule has 2 N–H and O–H groups in total. The van der Waals surface area contributed by atoms with Crippen LogP contribution in [0.25, 0.3) is 33.5 Å². The van der Waals surface area contributed by atoms with Crippen molar-refractivity contribution in [1.82, 2.24) is 20.3 Å². The molecule has 0 saturated carbocycles. The zero-order chi connectivity index (χ0) is 24.2. The van der Waals surface area contributed by atoms with Crippen LogP contribution in [0.3, 0.4) is 0 Å². The number of imidazole rings is 1. The molecule has 0 aliphatic carbocycles. The fraction of sp³-hybridized carbons (Fsp3) is 0.296. The van der Waals surface area contributed by atoms with Crippen LogP contribution in [-0.4, -0.2) is 58.9 Å². The first kappa shape index (κ1) is 21.8. The van der Waals surface area contributed by atoms with Gasteiger partial charge in [0.2, 0.25) is 0 Å². The minimum Gasteiger partial charge on any atom is -0.456 e. The minimum atomic E-state index is -0.196. The van der Waals surface area contributed by atoms with Gasteiger partial charge in [-0.15, -0.1) is 0 Å². The second-order valence-electron chi connectivity index (χ2n) is 9.34. The molecule has 0 radical (unpaired) electrons. The summed E-state index contributed by atoms with van der Waals surface area (Å²) < 4.78 is 17.6. The van der Waals surface area contributed by atoms with E-state index in [2.05, 4.69) is 21.4 Å². The summed E-state index contributed by atoms with van der Waals surface area (Å²) in [5.74, 6) is -0.00572. The normalized spacial score (nSPS) is 22.9. The van der Waals surface area contributed by atoms with Gasteiger partial charge in [-0.05, 0) is 41.7 Å². The van der Waals surface area contributed by atoms with Crippen molar-refractivity contribution in [2.45, 2.75) is 31.2 Å². The van der Waals surface area contributed by atoms with Crippen molar-refractivity contribution in [3.8, 4) is 28.4 Å². The number of benzene rings is 2. The lowest BCUT2D eigenvalue weighted by Gasteiger charge is -2.17. The Kier molecular flexibility index (Phi) is 5.20. The van der Waals surface area contributed by atoms with Crippen molar-refractivity contribution in [1.29, 1.82) is 0 Å². The van der Waals surface area contributed by atoms with E-state index in [0.29, 0.717) is 47.6 Å². The summed E-state index contributed by atoms with van der Waals surface area (Å²) in [6, 6.07) is 16.3. The first-order chi connectivity index (χ1) is 17.6. The van der Waals surface area contributed by atoms with E-state index in [1.165, 1.54) is 0 Å². The number of H-pyrrole nitrogens is 1. The number of nitrogens with zero attached hydrogens (tertiary/aromatic N) is 2. The first-order valence-electron chi connectivity index (χ1n) is 12.1. The zero-order valence-corrected chi connectivity index (χ0v) is 20.0. The SMILES string of the molecule is O=C1NCCc2cc(-c3ccc(-c4nc5nc(OC6COC7CCO[C@@H]76)[nH]c5cc4Cl)cc3)ccc21. The maximum Gasteiger partial charge on any atom is 0.296 e. The summed E-state index contributed by atoms with van der Waals surface area (Å²) in [7, 11) is 0. The quantitative estimate of drug-likeness (QED) is 0.434. The molecule has 182 valence electrons. The van der Waals surface area contributed by atoms with Crippen LogP contribution >= 0.6 is 11.6 Å². The van der Waals surface area contributed by atoms with Gasteiger partial charge < -0.3 is 24.5 Å². The number of halogens is 1. The van der Waals surface area contributed by atoms with Crippen molar-refractivity contribution in [2.75, 3.05) is 19.8 Å². The number of pyridine rings is 1. The maximum absolute atomic E-state index is 12.0. The topological polar surface area (TPSA) is 98.4 Å². The number of fused-ring (bicyclic) bond motifs is 3. The first-order valence-corrected chi connectivity index (χ1v) is 12.5. The van der Waals surface area contributed by atoms with Crippen LogP contribution < -0.4 is 10.1 Å². The van der Waals surface area contributed by atoms with Crippen molar-refractivity contribution in [3.05, 3.63) is 64.7 Å². The highest BCUT2D eigenvalue weighted by Gasteiger charge is 2.43. The number of aromatic nitrogens is 3. The van der Waals surface area contributed by atoms with Crippen LogP contribution in [0.15, 0.2) is 48.5 Å². The van der Waals surface area contributed by atoms with Gasteiger partial charge >= 0.3 is 0 Å². The van der Waals surface area contributed by atoms with Gasteiger partial charge in [0, 0.05) is 24.3 Å². The second-order valence-corrected chi connectivity index (χ2v) is 9.75. The van der Waals surface area contributed by atoms with Crippen LogP contribution in [0, 0.1) is 0 Å². The molecular weight excluding hydrogens is 480 g/mol. The van der Waals surface area contributed by atoms with E-state index in [1.54, 1.807) is 0 Å². The minimum absolute atomic E-state index is 0.00572. The van der Waals surface area contributed by atoms with Gasteiger partial charge in [0.25, 0.3) is 11.9 Å². The molecule has 3 atom stereocenters. The molecule has 8 nitrogen and oxygen atoms in total. The lowest BCUT2D eigenvalue weighted by Crippen LogP contribution is -2.32. The molecule has 7 rings (SSSR count). The standard InChI is InChI=1S/C27H23ClN4O4/c28-19-12-20-25(32-27(30-20)36-22-13-35-21-8-10-34-24(21)22)31-23(19)15-3-1-14(2-4-15)16-5-6-18-17(11-16)7-9-29-26(18)33/h1-6,11-12,21-22,24H,7-10,13H2,(H,29,33)(H,30,31,32)/t21?,22?,24-/m0/s1. The Morgan fingerprint density at radius 1 is 1.00 bits per heavy atom. The Morgan fingerprint density at radius 3 is 2.72 bits per heavy atom. The molecule has 3 aliphatic rings. The fourth-order valence-corrected chi connectivity index (χ4v) is 5.52. The average Bonchev–Trinajstić information content (AvgIpc) is 3.61. The summed E-state index contributed by atoms with van der Waals surface area (Å²) in [5, 5.41) is 3.41. The van der Waals surface area contributed by atoms with Gasteiger partial charge in [0.05, 0.1) is 28.9 Å². The molecule has 1 amide bonds. The van der Waals surface area contributed by atoms with Crippen molar-refractivity contribution < 1.29 is 19.0 Å². The highest BCUT2D eigenvalue weighted by molar-refractivity contribution is 6.33. The van der Waals surface area contributed by atoms with Crippen LogP contribution in [0.1, 0.15) is 22.3 Å². The molecule has 2 saturated heterocycles. The monoisotopic (exact) mass is 502 g/mol. The number of rotatable bonds is 4. The van der Waals surface area contributed by atoms with Gasteiger partial charge in [-0.3, -0.25) is 4.79 Å². The van der Waals surface area contributed by atoms with E-state index in [0.717, 1.165) is 40.7 Å². The third-order valence-corrected chi connectivity index (χ3v) is 7.40. The number of nitrogens with one attached hydrogen (secondary N) is 2. The summed E-state index contributed by atoms with van der Waals surface area (Å²) in [6.45, 7) is 1.85. The summed E-state index contributed by atoms with van der Waals surface area (Å²) >= 11 is 6.61. The van der Waals surface area contributed by atoms with E-state index >= 15 is 0 Å². The summed E-state index contributed by atoms with van der Waals surface area (Å²) in [4.78, 5) is 24.4. The number of hydrogen-bond donors (Lipinski definition) is 2. The molecule has 4 aromatic rings. The molecular formula is C27H23ClN4O4. The Hall–Kier alpha value is -3.46. The lowest BCUT2D eigenvalue weighted by molar-refractivity contribution is 0.0273. The molecule has 2 fully saturated rings. The molecule has 36 heavy (non-hydrogen) atoms. The molecule has 0 bridgehead atoms. The van der Waals surface area contributed by atoms with Crippen molar-refractivity contribution >= 4 is 28.7 Å². The largest absolute Gasteiger partial charge is 0.456 e. The highest BCUT2D eigenvalue weighted by atomic mass is 35.5. The Morgan fingerprint density at radius 2 is 1.83 bits per heavy atom. The molecule has 0 spiro atoms. The molecule has 9 heteroatoms. The second kappa shape index (κ2) is 8.58. The van der Waals surface area contributed by atoms with E-state index in [1.807, 2.05) is 42.5 Å². The zero-order valence-electron chi connectivity index (χ0n) is 19.3. The highest BCUT2D eigenvalue weighted by Crippen LogP contribution is 2.33. The van der Waals surface area contributed by atoms with Crippen LogP contribution in [0.4, 0.5) is 0 Å². The van der Waals surface area contributed by atoms with Gasteiger partial charge in [0.1, 0.15) is 6.10 Å². The van der Waals surface area contributed by atoms with Gasteiger partial charge in [-0.2, -0.15) is 4.98 Å². The molecule has 3 aliphatic heterocycles. The van der Waals surface area contributed by atoms with E-state index in [-0.39, 0.29) is 24.2 Å². The number of aromatic amines is 1. The number of hydrogen-bond acceptors (Lipinski definition) is 6. The number of ether oxygens (including phenoxy) is 3. The smallest absolute Gasteiger partial charge is 0.296 e. The lowest BCUT2D eigenvalue weighted by atomic mass is 9.94. The number of amides is 1. The van der Waals surface area contributed by atoms with E-state index in [9.17, 15) is 4.79 Å². The summed E-state index contributed by atoms with van der Waals surface area (Å²) in [6.07, 6.45) is 1.58. The Labute approximate surface area is 211 Å². The average molecular weight is 503 g/mol. The van der Waals surface area contributed by atoms with Crippen LogP contribution in [0.5, 0.6) is 6.01 Å². The van der Waals surface area contributed by atoms with Gasteiger partial charge in [0.15, 0.2) is 11.8 Å². The van der Waals surface area contributed by atoms with Crippen molar-refractivity contribution in [3.63, 3.8) is 0 Å². The van der Waals surface area contributed by atoms with E-state index < -0.39 is 0 Å². The van der Waals surface area contributed by atoms with Gasteiger partial charge in [-0.1, -0.05) is 48.0 Å². The van der Waals surface area contributed by atoms with E-state index in [4.69, 9.17) is 30.8 Å². The van der Waals surface area contributed by atoms with Crippen LogP contribution in [-0.2, 0) is 15.9 Å². The Bertz CT molecular complexity index is 1490. The summed E-state index contributed by atoms with van der Waals surface area (Å²) in [5.41, 5.74) is 6.74. The third kappa shape index (κ3) is 3.73. The molecule has 2 aromatic heterocycles. The number of carbonyl (C=O) groups is 1. The molecule has 2 aromatic carbocycles. The predicted octanol–water partition coefficient (Wildman–Crippen LogP) is 4.17. The third-order valence-electron chi connectivity index (χ3n) is 7.11. The van der Waals surface area contributed by atoms with Crippen molar-refractivity contribution in [2.24, 2.45) is 0 Å². The molecule has 5 heterocycles. The number of carbonyl (C=O) groups excluding carboxylic acids is 1. The predicted molar refractivity (Wildman–Crippen MR) is 134 cm³/mol.